The molecule has 8 heteroatoms. The van der Waals surface area contributed by atoms with Crippen LogP contribution in [0.4, 0.5) is 0 Å². The first kappa shape index (κ1) is 20.1. The molecule has 28 heavy (non-hydrogen) atoms. The van der Waals surface area contributed by atoms with Crippen molar-refractivity contribution in [1.29, 1.82) is 0 Å². The molecule has 0 atom stereocenters. The van der Waals surface area contributed by atoms with Gasteiger partial charge in [-0.3, -0.25) is 4.79 Å². The molecule has 0 bridgehead atoms. The van der Waals surface area contributed by atoms with Gasteiger partial charge >= 0.3 is 0 Å². The molecule has 3 rings (SSSR count). The van der Waals surface area contributed by atoms with Gasteiger partial charge in [0, 0.05) is 11.6 Å². The lowest BCUT2D eigenvalue weighted by Crippen LogP contribution is -2.40. The Morgan fingerprint density at radius 1 is 1.00 bits per heavy atom. The van der Waals surface area contributed by atoms with Crippen molar-refractivity contribution in [2.75, 3.05) is 6.54 Å². The van der Waals surface area contributed by atoms with Crippen molar-refractivity contribution in [3.8, 4) is 0 Å². The van der Waals surface area contributed by atoms with Gasteiger partial charge in [-0.15, -0.1) is 0 Å². The molecule has 0 saturated carbocycles. The summed E-state index contributed by atoms with van der Waals surface area (Å²) in [5, 5.41) is 3.23. The van der Waals surface area contributed by atoms with Crippen molar-refractivity contribution in [3.05, 3.63) is 89.3 Å². The zero-order chi connectivity index (χ0) is 20.0. The number of halogens is 1. The van der Waals surface area contributed by atoms with E-state index in [-0.39, 0.29) is 24.5 Å². The summed E-state index contributed by atoms with van der Waals surface area (Å²) in [7, 11) is -3.86. The van der Waals surface area contributed by atoms with Gasteiger partial charge in [-0.1, -0.05) is 41.9 Å². The van der Waals surface area contributed by atoms with Crippen molar-refractivity contribution in [2.45, 2.75) is 18.0 Å². The lowest BCUT2D eigenvalue weighted by atomic mass is 10.2. The number of carbonyl (C=O) groups is 1. The molecule has 1 aromatic heterocycles. The second-order valence-corrected chi connectivity index (χ2v) is 8.44. The Labute approximate surface area is 168 Å². The molecular formula is C20H19ClN2O4S. The molecule has 0 saturated heterocycles. The molecule has 1 amide bonds. The molecule has 0 aliphatic rings. The average molecular weight is 419 g/mol. The van der Waals surface area contributed by atoms with Crippen molar-refractivity contribution in [3.63, 3.8) is 0 Å². The third-order valence-electron chi connectivity index (χ3n) is 4.01. The Morgan fingerprint density at radius 2 is 1.71 bits per heavy atom. The number of amides is 1. The van der Waals surface area contributed by atoms with Crippen LogP contribution in [0.3, 0.4) is 0 Å². The first-order valence-electron chi connectivity index (χ1n) is 8.54. The standard InChI is InChI=1S/C20H19ClN2O4S/c21-17-10-8-16(9-11-17)14-23(28(25,26)19-6-2-1-3-7-19)15-20(24)22-13-18-5-4-12-27-18/h1-12H,13-15H2,(H,22,24). The van der Waals surface area contributed by atoms with Crippen LogP contribution < -0.4 is 5.32 Å². The van der Waals surface area contributed by atoms with Gasteiger partial charge in [0.15, 0.2) is 0 Å². The van der Waals surface area contributed by atoms with Gasteiger partial charge in [-0.25, -0.2) is 8.42 Å². The number of hydrogen-bond donors (Lipinski definition) is 1. The number of hydrogen-bond acceptors (Lipinski definition) is 4. The number of nitrogens with zero attached hydrogens (tertiary/aromatic N) is 1. The zero-order valence-corrected chi connectivity index (χ0v) is 16.5. The first-order chi connectivity index (χ1) is 13.4. The topological polar surface area (TPSA) is 79.6 Å². The Hall–Kier alpha value is -2.61. The van der Waals surface area contributed by atoms with E-state index in [9.17, 15) is 13.2 Å². The van der Waals surface area contributed by atoms with Crippen LogP contribution in [0.25, 0.3) is 0 Å². The molecule has 0 radical (unpaired) electrons. The van der Waals surface area contributed by atoms with E-state index in [1.165, 1.54) is 18.4 Å². The molecule has 2 aromatic carbocycles. The maximum absolute atomic E-state index is 13.1. The quantitative estimate of drug-likeness (QED) is 0.607. The predicted molar refractivity (Wildman–Crippen MR) is 106 cm³/mol. The van der Waals surface area contributed by atoms with Crippen molar-refractivity contribution in [1.82, 2.24) is 9.62 Å². The zero-order valence-electron chi connectivity index (χ0n) is 14.9. The average Bonchev–Trinajstić information content (AvgIpc) is 3.22. The number of nitrogens with one attached hydrogen (secondary N) is 1. The van der Waals surface area contributed by atoms with Crippen LogP contribution in [0.1, 0.15) is 11.3 Å². The summed E-state index contributed by atoms with van der Waals surface area (Å²) < 4.78 is 32.5. The fourth-order valence-electron chi connectivity index (χ4n) is 2.58. The minimum absolute atomic E-state index is 0.0442. The number of furan rings is 1. The summed E-state index contributed by atoms with van der Waals surface area (Å²) in [6, 6.07) is 18.3. The van der Waals surface area contributed by atoms with Gasteiger partial charge in [-0.2, -0.15) is 4.31 Å². The summed E-state index contributed by atoms with van der Waals surface area (Å²) in [5.74, 6) is 0.161. The van der Waals surface area contributed by atoms with Crippen molar-refractivity contribution < 1.29 is 17.6 Å². The van der Waals surface area contributed by atoms with Crippen LogP contribution in [0.2, 0.25) is 5.02 Å². The van der Waals surface area contributed by atoms with Crippen LogP contribution in [0.15, 0.2) is 82.3 Å². The van der Waals surface area contributed by atoms with Gasteiger partial charge in [0.05, 0.1) is 24.2 Å². The third kappa shape index (κ3) is 5.22. The van der Waals surface area contributed by atoms with Crippen molar-refractivity contribution in [2.24, 2.45) is 0 Å². The summed E-state index contributed by atoms with van der Waals surface area (Å²) in [6.45, 7) is -0.0882. The van der Waals surface area contributed by atoms with E-state index in [1.807, 2.05) is 0 Å². The van der Waals surface area contributed by atoms with Crippen LogP contribution in [0, 0.1) is 0 Å². The molecule has 0 unspecified atom stereocenters. The van der Waals surface area contributed by atoms with E-state index in [4.69, 9.17) is 16.0 Å². The SMILES string of the molecule is O=C(CN(Cc1ccc(Cl)cc1)S(=O)(=O)c1ccccc1)NCc1ccco1. The number of sulfonamides is 1. The Bertz CT molecular complexity index is 1000. The Kier molecular flexibility index (Phi) is 6.51. The molecule has 3 aromatic rings. The largest absolute Gasteiger partial charge is 0.467 e. The highest BCUT2D eigenvalue weighted by atomic mass is 35.5. The monoisotopic (exact) mass is 418 g/mol. The van der Waals surface area contributed by atoms with Gasteiger partial charge in [0.25, 0.3) is 0 Å². The predicted octanol–water partition coefficient (Wildman–Crippen LogP) is 3.44. The van der Waals surface area contributed by atoms with E-state index < -0.39 is 15.9 Å². The third-order valence-corrected chi connectivity index (χ3v) is 6.07. The number of rotatable bonds is 8. The first-order valence-corrected chi connectivity index (χ1v) is 10.4. The minimum atomic E-state index is -3.86. The molecule has 0 aliphatic carbocycles. The Morgan fingerprint density at radius 3 is 2.36 bits per heavy atom. The van der Waals surface area contributed by atoms with E-state index >= 15 is 0 Å². The Balaban J connectivity index is 1.79. The maximum atomic E-state index is 13.1. The number of benzene rings is 2. The second kappa shape index (κ2) is 9.05. The highest BCUT2D eigenvalue weighted by Gasteiger charge is 2.26. The highest BCUT2D eigenvalue weighted by Crippen LogP contribution is 2.19. The lowest BCUT2D eigenvalue weighted by molar-refractivity contribution is -0.121. The normalized spacial score (nSPS) is 11.5. The molecule has 0 aliphatic heterocycles. The highest BCUT2D eigenvalue weighted by molar-refractivity contribution is 7.89. The van der Waals surface area contributed by atoms with Crippen LogP contribution in [-0.4, -0.2) is 25.2 Å². The maximum Gasteiger partial charge on any atom is 0.243 e. The summed E-state index contributed by atoms with van der Waals surface area (Å²) in [6.07, 6.45) is 1.51. The summed E-state index contributed by atoms with van der Waals surface area (Å²) in [4.78, 5) is 12.5. The van der Waals surface area contributed by atoms with E-state index in [1.54, 1.807) is 54.6 Å². The summed E-state index contributed by atoms with van der Waals surface area (Å²) in [5.41, 5.74) is 0.725. The minimum Gasteiger partial charge on any atom is -0.467 e. The van der Waals surface area contributed by atoms with Crippen LogP contribution in [0.5, 0.6) is 0 Å². The van der Waals surface area contributed by atoms with Crippen molar-refractivity contribution >= 4 is 27.5 Å². The molecule has 0 fully saturated rings. The van der Waals surface area contributed by atoms with Gasteiger partial charge in [0.2, 0.25) is 15.9 Å². The van der Waals surface area contributed by atoms with Gasteiger partial charge in [-0.05, 0) is 42.0 Å². The second-order valence-electron chi connectivity index (χ2n) is 6.07. The van der Waals surface area contributed by atoms with E-state index in [2.05, 4.69) is 5.32 Å². The smallest absolute Gasteiger partial charge is 0.243 e. The van der Waals surface area contributed by atoms with Crippen LogP contribution >= 0.6 is 11.6 Å². The molecule has 0 spiro atoms. The molecule has 146 valence electrons. The van der Waals surface area contributed by atoms with E-state index in [0.29, 0.717) is 10.8 Å². The molecule has 1 N–H and O–H groups in total. The molecule has 6 nitrogen and oxygen atoms in total. The fraction of sp³-hybridized carbons (Fsp3) is 0.150. The fourth-order valence-corrected chi connectivity index (χ4v) is 4.11. The molecular weight excluding hydrogens is 400 g/mol. The van der Waals surface area contributed by atoms with Crippen LogP contribution in [-0.2, 0) is 27.9 Å². The molecule has 1 heterocycles. The number of carbonyl (C=O) groups excluding carboxylic acids is 1. The lowest BCUT2D eigenvalue weighted by Gasteiger charge is -2.22. The van der Waals surface area contributed by atoms with Gasteiger partial charge in [0.1, 0.15) is 5.76 Å². The summed E-state index contributed by atoms with van der Waals surface area (Å²) >= 11 is 5.90. The van der Waals surface area contributed by atoms with Gasteiger partial charge < -0.3 is 9.73 Å². The van der Waals surface area contributed by atoms with E-state index in [0.717, 1.165) is 9.87 Å².